The molecule has 0 amide bonds. The van der Waals surface area contributed by atoms with E-state index in [0.29, 0.717) is 6.54 Å². The molecule has 1 saturated heterocycles. The van der Waals surface area contributed by atoms with Crippen LogP contribution in [-0.2, 0) is 19.4 Å². The summed E-state index contributed by atoms with van der Waals surface area (Å²) in [4.78, 5) is 25.8. The summed E-state index contributed by atoms with van der Waals surface area (Å²) in [5.74, 6) is 0.817. The van der Waals surface area contributed by atoms with Gasteiger partial charge in [0.1, 0.15) is 0 Å². The summed E-state index contributed by atoms with van der Waals surface area (Å²) in [5, 5.41) is 4.62. The fourth-order valence-electron chi connectivity index (χ4n) is 3.76. The highest BCUT2D eigenvalue weighted by Gasteiger charge is 2.19. The first-order chi connectivity index (χ1) is 12.7. The van der Waals surface area contributed by atoms with Gasteiger partial charge in [-0.05, 0) is 44.2 Å². The van der Waals surface area contributed by atoms with Crippen LogP contribution in [0.4, 0.5) is 5.95 Å². The number of aromatic nitrogens is 4. The Balaban J connectivity index is 1.33. The van der Waals surface area contributed by atoms with Crippen molar-refractivity contribution in [1.29, 1.82) is 0 Å². The van der Waals surface area contributed by atoms with E-state index in [2.05, 4.69) is 24.9 Å². The van der Waals surface area contributed by atoms with Crippen molar-refractivity contribution in [3.8, 4) is 0 Å². The minimum absolute atomic E-state index is 0.0393. The molecule has 0 aromatic carbocycles. The fraction of sp³-hybridized carbons (Fsp3) is 0.579. The summed E-state index contributed by atoms with van der Waals surface area (Å²) >= 11 is 0. The van der Waals surface area contributed by atoms with Crippen LogP contribution in [-0.4, -0.2) is 57.4 Å². The highest BCUT2D eigenvalue weighted by Crippen LogP contribution is 2.17. The third-order valence-corrected chi connectivity index (χ3v) is 5.34. The molecule has 0 atom stereocenters. The van der Waals surface area contributed by atoms with Crippen molar-refractivity contribution >= 4 is 5.95 Å². The van der Waals surface area contributed by atoms with Crippen LogP contribution >= 0.6 is 0 Å². The Hall–Kier alpha value is -2.28. The van der Waals surface area contributed by atoms with Gasteiger partial charge in [0.25, 0.3) is 5.56 Å². The van der Waals surface area contributed by atoms with Crippen LogP contribution in [0.25, 0.3) is 0 Å². The van der Waals surface area contributed by atoms with Crippen molar-refractivity contribution in [3.63, 3.8) is 0 Å². The first kappa shape index (κ1) is 17.1. The van der Waals surface area contributed by atoms with E-state index in [1.165, 1.54) is 12.8 Å². The van der Waals surface area contributed by atoms with E-state index in [4.69, 9.17) is 0 Å². The molecule has 2 aromatic rings. The van der Waals surface area contributed by atoms with Crippen LogP contribution in [0.15, 0.2) is 23.1 Å². The minimum atomic E-state index is 0.0393. The SMILES string of the molecule is Cc1ccnc(N2CCN(CCn3nc4c(cc3=O)CCCC4)CC2)n1. The van der Waals surface area contributed by atoms with Crippen LogP contribution in [0.2, 0.25) is 0 Å². The molecule has 7 nitrogen and oxygen atoms in total. The molecule has 1 fully saturated rings. The van der Waals surface area contributed by atoms with Gasteiger partial charge in [0.15, 0.2) is 0 Å². The van der Waals surface area contributed by atoms with Gasteiger partial charge < -0.3 is 4.90 Å². The number of fused-ring (bicyclic) bond motifs is 1. The van der Waals surface area contributed by atoms with Crippen LogP contribution < -0.4 is 10.5 Å². The van der Waals surface area contributed by atoms with E-state index >= 15 is 0 Å². The zero-order valence-electron chi connectivity index (χ0n) is 15.4. The molecule has 0 radical (unpaired) electrons. The number of nitrogens with zero attached hydrogens (tertiary/aromatic N) is 6. The highest BCUT2D eigenvalue weighted by molar-refractivity contribution is 5.30. The second-order valence-corrected chi connectivity index (χ2v) is 7.21. The number of piperazine rings is 1. The summed E-state index contributed by atoms with van der Waals surface area (Å²) in [6.45, 7) is 7.24. The predicted octanol–water partition coefficient (Wildman–Crippen LogP) is 1.04. The van der Waals surface area contributed by atoms with Gasteiger partial charge in [-0.15, -0.1) is 0 Å². The molecule has 3 heterocycles. The number of anilines is 1. The fourth-order valence-corrected chi connectivity index (χ4v) is 3.76. The molecule has 0 N–H and O–H groups in total. The van der Waals surface area contributed by atoms with Crippen LogP contribution in [0.1, 0.15) is 29.8 Å². The second kappa shape index (κ2) is 7.53. The number of aryl methyl sites for hydroxylation is 3. The molecule has 4 rings (SSSR count). The molecule has 1 aliphatic carbocycles. The molecule has 0 bridgehead atoms. The van der Waals surface area contributed by atoms with Gasteiger partial charge in [-0.2, -0.15) is 5.10 Å². The van der Waals surface area contributed by atoms with Crippen molar-refractivity contribution in [2.24, 2.45) is 0 Å². The van der Waals surface area contributed by atoms with E-state index in [1.807, 2.05) is 19.2 Å². The Kier molecular flexibility index (Phi) is 4.97. The van der Waals surface area contributed by atoms with Gasteiger partial charge >= 0.3 is 0 Å². The Labute approximate surface area is 153 Å². The van der Waals surface area contributed by atoms with Crippen molar-refractivity contribution < 1.29 is 0 Å². The van der Waals surface area contributed by atoms with Crippen LogP contribution in [0, 0.1) is 6.92 Å². The Morgan fingerprint density at radius 1 is 1.08 bits per heavy atom. The van der Waals surface area contributed by atoms with Crippen LogP contribution in [0.3, 0.4) is 0 Å². The largest absolute Gasteiger partial charge is 0.338 e. The number of hydrogen-bond donors (Lipinski definition) is 0. The maximum Gasteiger partial charge on any atom is 0.267 e. The topological polar surface area (TPSA) is 67.2 Å². The third kappa shape index (κ3) is 3.77. The Morgan fingerprint density at radius 3 is 2.69 bits per heavy atom. The third-order valence-electron chi connectivity index (χ3n) is 5.34. The van der Waals surface area contributed by atoms with Gasteiger partial charge in [-0.3, -0.25) is 9.69 Å². The molecule has 0 saturated carbocycles. The van der Waals surface area contributed by atoms with Gasteiger partial charge in [0, 0.05) is 50.7 Å². The zero-order valence-corrected chi connectivity index (χ0v) is 15.4. The first-order valence-corrected chi connectivity index (χ1v) is 9.56. The van der Waals surface area contributed by atoms with Crippen molar-refractivity contribution in [1.82, 2.24) is 24.6 Å². The lowest BCUT2D eigenvalue weighted by molar-refractivity contribution is 0.241. The van der Waals surface area contributed by atoms with Crippen molar-refractivity contribution in [2.75, 3.05) is 37.6 Å². The quantitative estimate of drug-likeness (QED) is 0.817. The predicted molar refractivity (Wildman–Crippen MR) is 101 cm³/mol. The summed E-state index contributed by atoms with van der Waals surface area (Å²) < 4.78 is 1.65. The van der Waals surface area contributed by atoms with Gasteiger partial charge in [-0.25, -0.2) is 14.6 Å². The maximum atomic E-state index is 12.3. The van der Waals surface area contributed by atoms with Crippen LogP contribution in [0.5, 0.6) is 0 Å². The van der Waals surface area contributed by atoms with Gasteiger partial charge in [0.05, 0.1) is 12.2 Å². The zero-order chi connectivity index (χ0) is 17.9. The lowest BCUT2D eigenvalue weighted by atomic mass is 9.97. The Bertz CT molecular complexity index is 825. The van der Waals surface area contributed by atoms with E-state index in [-0.39, 0.29) is 5.56 Å². The smallest absolute Gasteiger partial charge is 0.267 e. The van der Waals surface area contributed by atoms with E-state index < -0.39 is 0 Å². The van der Waals surface area contributed by atoms with E-state index in [1.54, 1.807) is 10.7 Å². The number of hydrogen-bond acceptors (Lipinski definition) is 6. The molecule has 7 heteroatoms. The van der Waals surface area contributed by atoms with Crippen molar-refractivity contribution in [2.45, 2.75) is 39.2 Å². The molecule has 0 unspecified atom stereocenters. The minimum Gasteiger partial charge on any atom is -0.338 e. The monoisotopic (exact) mass is 354 g/mol. The lowest BCUT2D eigenvalue weighted by Gasteiger charge is -2.34. The number of rotatable bonds is 4. The lowest BCUT2D eigenvalue weighted by Crippen LogP contribution is -2.48. The summed E-state index contributed by atoms with van der Waals surface area (Å²) in [5.41, 5.74) is 3.31. The van der Waals surface area contributed by atoms with E-state index in [0.717, 1.165) is 68.5 Å². The Morgan fingerprint density at radius 2 is 1.88 bits per heavy atom. The molecular formula is C19H26N6O. The average Bonchev–Trinajstić information content (AvgIpc) is 2.67. The average molecular weight is 354 g/mol. The first-order valence-electron chi connectivity index (χ1n) is 9.56. The second-order valence-electron chi connectivity index (χ2n) is 7.21. The van der Waals surface area contributed by atoms with E-state index in [9.17, 15) is 4.79 Å². The van der Waals surface area contributed by atoms with Gasteiger partial charge in [-0.1, -0.05) is 0 Å². The molecule has 2 aliphatic rings. The summed E-state index contributed by atoms with van der Waals surface area (Å²) in [6, 6.07) is 3.72. The van der Waals surface area contributed by atoms with Gasteiger partial charge in [0.2, 0.25) is 5.95 Å². The normalized spacial score (nSPS) is 18.0. The molecule has 26 heavy (non-hydrogen) atoms. The standard InChI is InChI=1S/C19H26N6O/c1-15-6-7-20-19(21-15)24-11-8-23(9-12-24)10-13-25-18(26)14-16-4-2-3-5-17(16)22-25/h6-7,14H,2-5,8-13H2,1H3. The summed E-state index contributed by atoms with van der Waals surface area (Å²) in [6.07, 6.45) is 6.18. The molecule has 2 aromatic heterocycles. The molecule has 138 valence electrons. The molecular weight excluding hydrogens is 328 g/mol. The molecule has 1 aliphatic heterocycles. The maximum absolute atomic E-state index is 12.3. The van der Waals surface area contributed by atoms with Crippen molar-refractivity contribution in [3.05, 3.63) is 45.6 Å². The highest BCUT2D eigenvalue weighted by atomic mass is 16.1. The summed E-state index contributed by atoms with van der Waals surface area (Å²) in [7, 11) is 0. The molecule has 0 spiro atoms.